The number of ether oxygens (including phenoxy) is 3. The van der Waals surface area contributed by atoms with Crippen LogP contribution in [0.4, 0.5) is 0 Å². The van der Waals surface area contributed by atoms with Crippen LogP contribution < -0.4 is 9.47 Å². The molecule has 0 fully saturated rings. The quantitative estimate of drug-likeness (QED) is 0.404. The molecule has 0 saturated heterocycles. The minimum Gasteiger partial charge on any atom is -0.490 e. The average Bonchev–Trinajstić information content (AvgIpc) is 2.75. The summed E-state index contributed by atoms with van der Waals surface area (Å²) >= 11 is 0. The summed E-state index contributed by atoms with van der Waals surface area (Å²) in [6, 6.07) is 29.8. The SMILES string of the molecule is C(=CCC(COCc1ccccc1)Oc1ccccc1)COc1ccccc1. The Hall–Kier alpha value is -3.04. The molecule has 0 aliphatic carbocycles. The maximum absolute atomic E-state index is 6.10. The zero-order valence-corrected chi connectivity index (χ0v) is 15.9. The highest BCUT2D eigenvalue weighted by atomic mass is 16.5. The van der Waals surface area contributed by atoms with Crippen molar-refractivity contribution in [1.82, 2.24) is 0 Å². The molecule has 0 N–H and O–H groups in total. The summed E-state index contributed by atoms with van der Waals surface area (Å²) in [6.07, 6.45) is 4.80. The highest BCUT2D eigenvalue weighted by Crippen LogP contribution is 2.14. The molecule has 0 radical (unpaired) electrons. The van der Waals surface area contributed by atoms with Crippen molar-refractivity contribution in [1.29, 1.82) is 0 Å². The fraction of sp³-hybridized carbons (Fsp3) is 0.200. The summed E-state index contributed by atoms with van der Waals surface area (Å²) < 4.78 is 17.7. The van der Waals surface area contributed by atoms with Crippen LogP contribution in [0.5, 0.6) is 11.5 Å². The molecule has 3 rings (SSSR count). The maximum Gasteiger partial charge on any atom is 0.125 e. The van der Waals surface area contributed by atoms with Crippen molar-refractivity contribution in [2.75, 3.05) is 13.2 Å². The lowest BCUT2D eigenvalue weighted by Gasteiger charge is -2.18. The Balaban J connectivity index is 1.47. The van der Waals surface area contributed by atoms with E-state index in [-0.39, 0.29) is 6.10 Å². The third-order valence-corrected chi connectivity index (χ3v) is 4.12. The molecule has 28 heavy (non-hydrogen) atoms. The Morgan fingerprint density at radius 1 is 0.679 bits per heavy atom. The predicted octanol–water partition coefficient (Wildman–Crippen LogP) is 5.68. The molecule has 3 heteroatoms. The van der Waals surface area contributed by atoms with Gasteiger partial charge in [0.05, 0.1) is 13.2 Å². The van der Waals surface area contributed by atoms with E-state index in [1.54, 1.807) is 0 Å². The molecule has 3 aromatic rings. The molecule has 3 aromatic carbocycles. The first-order valence-corrected chi connectivity index (χ1v) is 9.56. The van der Waals surface area contributed by atoms with Crippen LogP contribution in [0, 0.1) is 0 Å². The van der Waals surface area contributed by atoms with Crippen molar-refractivity contribution in [3.63, 3.8) is 0 Å². The van der Waals surface area contributed by atoms with Crippen LogP contribution in [0.25, 0.3) is 0 Å². The van der Waals surface area contributed by atoms with Crippen molar-refractivity contribution in [3.8, 4) is 11.5 Å². The molecule has 0 bridgehead atoms. The van der Waals surface area contributed by atoms with Crippen LogP contribution in [0.2, 0.25) is 0 Å². The molecule has 3 nitrogen and oxygen atoms in total. The van der Waals surface area contributed by atoms with Crippen molar-refractivity contribution < 1.29 is 14.2 Å². The van der Waals surface area contributed by atoms with E-state index in [4.69, 9.17) is 14.2 Å². The normalized spacial score (nSPS) is 12.0. The van der Waals surface area contributed by atoms with Gasteiger partial charge in [0.1, 0.15) is 24.2 Å². The summed E-state index contributed by atoms with van der Waals surface area (Å²) in [4.78, 5) is 0. The summed E-state index contributed by atoms with van der Waals surface area (Å²) in [7, 11) is 0. The second-order valence-corrected chi connectivity index (χ2v) is 6.38. The number of hydrogen-bond acceptors (Lipinski definition) is 3. The van der Waals surface area contributed by atoms with E-state index in [1.807, 2.05) is 84.9 Å². The van der Waals surface area contributed by atoms with Crippen LogP contribution in [0.3, 0.4) is 0 Å². The van der Waals surface area contributed by atoms with E-state index in [0.29, 0.717) is 19.8 Å². The van der Waals surface area contributed by atoms with Gasteiger partial charge < -0.3 is 14.2 Å². The van der Waals surface area contributed by atoms with Crippen molar-refractivity contribution in [2.24, 2.45) is 0 Å². The molecule has 1 unspecified atom stereocenters. The van der Waals surface area contributed by atoms with Crippen LogP contribution in [-0.2, 0) is 11.3 Å². The van der Waals surface area contributed by atoms with Gasteiger partial charge in [-0.2, -0.15) is 0 Å². The second kappa shape index (κ2) is 11.6. The molecular weight excluding hydrogens is 348 g/mol. The lowest BCUT2D eigenvalue weighted by atomic mass is 10.2. The first kappa shape index (κ1) is 19.7. The Kier molecular flexibility index (Phi) is 8.19. The van der Waals surface area contributed by atoms with Crippen LogP contribution in [0.15, 0.2) is 103 Å². The summed E-state index contributed by atoms with van der Waals surface area (Å²) in [5, 5.41) is 0. The van der Waals surface area contributed by atoms with E-state index < -0.39 is 0 Å². The lowest BCUT2D eigenvalue weighted by molar-refractivity contribution is 0.0424. The molecule has 144 valence electrons. The lowest BCUT2D eigenvalue weighted by Crippen LogP contribution is -2.22. The first-order chi connectivity index (χ1) is 13.9. The Labute approximate surface area is 167 Å². The molecule has 0 heterocycles. The summed E-state index contributed by atoms with van der Waals surface area (Å²) in [5.41, 5.74) is 1.16. The zero-order chi connectivity index (χ0) is 19.3. The standard InChI is InChI=1S/C25H26O3/c1-4-12-22(13-5-1)20-26-21-25(28-24-16-8-3-9-17-24)18-10-11-19-27-23-14-6-2-7-15-23/h1-17,25H,18-21H2. The smallest absolute Gasteiger partial charge is 0.125 e. The van der Waals surface area contributed by atoms with Gasteiger partial charge in [-0.25, -0.2) is 0 Å². The maximum atomic E-state index is 6.10. The van der Waals surface area contributed by atoms with Crippen molar-refractivity contribution in [3.05, 3.63) is 109 Å². The van der Waals surface area contributed by atoms with Gasteiger partial charge in [0.15, 0.2) is 0 Å². The van der Waals surface area contributed by atoms with Crippen LogP contribution >= 0.6 is 0 Å². The summed E-state index contributed by atoms with van der Waals surface area (Å²) in [6.45, 7) is 1.64. The zero-order valence-electron chi connectivity index (χ0n) is 15.9. The van der Waals surface area contributed by atoms with E-state index in [1.165, 1.54) is 0 Å². The van der Waals surface area contributed by atoms with Gasteiger partial charge in [0.25, 0.3) is 0 Å². The number of hydrogen-bond donors (Lipinski definition) is 0. The van der Waals surface area contributed by atoms with Gasteiger partial charge in [-0.15, -0.1) is 0 Å². The van der Waals surface area contributed by atoms with Crippen molar-refractivity contribution >= 4 is 0 Å². The van der Waals surface area contributed by atoms with E-state index >= 15 is 0 Å². The summed E-state index contributed by atoms with van der Waals surface area (Å²) in [5.74, 6) is 1.72. The number of benzene rings is 3. The number of para-hydroxylation sites is 2. The molecule has 0 aliphatic heterocycles. The monoisotopic (exact) mass is 374 g/mol. The van der Waals surface area contributed by atoms with E-state index in [9.17, 15) is 0 Å². The Morgan fingerprint density at radius 2 is 1.29 bits per heavy atom. The van der Waals surface area contributed by atoms with E-state index in [0.717, 1.165) is 23.5 Å². The highest BCUT2D eigenvalue weighted by molar-refractivity contribution is 5.22. The Morgan fingerprint density at radius 3 is 1.96 bits per heavy atom. The molecule has 0 aliphatic rings. The molecule has 0 spiro atoms. The fourth-order valence-electron chi connectivity index (χ4n) is 2.70. The average molecular weight is 374 g/mol. The van der Waals surface area contributed by atoms with Gasteiger partial charge in [-0.3, -0.25) is 0 Å². The molecule has 0 saturated carbocycles. The molecule has 0 aromatic heterocycles. The molecular formula is C25H26O3. The largest absolute Gasteiger partial charge is 0.490 e. The fourth-order valence-corrected chi connectivity index (χ4v) is 2.70. The van der Waals surface area contributed by atoms with E-state index in [2.05, 4.69) is 18.2 Å². The van der Waals surface area contributed by atoms with Crippen molar-refractivity contribution in [2.45, 2.75) is 19.1 Å². The topological polar surface area (TPSA) is 27.7 Å². The number of rotatable bonds is 11. The minimum absolute atomic E-state index is 0.0564. The first-order valence-electron chi connectivity index (χ1n) is 9.56. The third-order valence-electron chi connectivity index (χ3n) is 4.12. The van der Waals surface area contributed by atoms with Gasteiger partial charge >= 0.3 is 0 Å². The van der Waals surface area contributed by atoms with Gasteiger partial charge in [-0.05, 0) is 29.8 Å². The van der Waals surface area contributed by atoms with Gasteiger partial charge in [-0.1, -0.05) is 78.9 Å². The van der Waals surface area contributed by atoms with Gasteiger partial charge in [0, 0.05) is 6.42 Å². The minimum atomic E-state index is -0.0564. The second-order valence-electron chi connectivity index (χ2n) is 6.38. The van der Waals surface area contributed by atoms with Gasteiger partial charge in [0.2, 0.25) is 0 Å². The molecule has 1 atom stereocenters. The van der Waals surface area contributed by atoms with Crippen LogP contribution in [-0.4, -0.2) is 19.3 Å². The Bertz CT molecular complexity index is 801. The highest BCUT2D eigenvalue weighted by Gasteiger charge is 2.09. The van der Waals surface area contributed by atoms with Crippen LogP contribution in [0.1, 0.15) is 12.0 Å². The third kappa shape index (κ3) is 7.29. The molecule has 0 amide bonds. The predicted molar refractivity (Wildman–Crippen MR) is 113 cm³/mol.